The molecule has 0 fully saturated rings. The van der Waals surface area contributed by atoms with Crippen LogP contribution in [0.15, 0.2) is 48.5 Å². The van der Waals surface area contributed by atoms with Crippen LogP contribution in [0.25, 0.3) is 0 Å². The van der Waals surface area contributed by atoms with E-state index in [1.807, 2.05) is 24.3 Å². The largest absolute Gasteiger partial charge is 0.487 e. The molecule has 0 bridgehead atoms. The van der Waals surface area contributed by atoms with Gasteiger partial charge in [0.2, 0.25) is 6.79 Å². The quantitative estimate of drug-likeness (QED) is 0.714. The van der Waals surface area contributed by atoms with E-state index >= 15 is 0 Å². The van der Waals surface area contributed by atoms with Crippen LogP contribution in [0.3, 0.4) is 0 Å². The van der Waals surface area contributed by atoms with Crippen LogP contribution < -0.4 is 19.5 Å². The van der Waals surface area contributed by atoms with Crippen LogP contribution in [0.1, 0.15) is 39.8 Å². The summed E-state index contributed by atoms with van der Waals surface area (Å²) in [6, 6.07) is 15.4. The molecular formula is C21H19N3O4. The van der Waals surface area contributed by atoms with E-state index in [4.69, 9.17) is 14.2 Å². The molecule has 7 nitrogen and oxygen atoms in total. The molecule has 1 aliphatic carbocycles. The number of nitrogens with one attached hydrogen (secondary N) is 2. The molecule has 2 aliphatic rings. The summed E-state index contributed by atoms with van der Waals surface area (Å²) in [4.78, 5) is 12.6. The standard InChI is InChI=1S/C21H19N3O4/c25-21(22-17-7-5-13-3-1-2-4-16(13)17)18-9-14(23-24-18)11-26-15-6-8-19-20(10-15)28-12-27-19/h1-4,6,8-10,17H,5,7,11-12H2,(H,22,25)(H,23,24). The minimum atomic E-state index is -0.188. The predicted octanol–water partition coefficient (Wildman–Crippen LogP) is 3.13. The lowest BCUT2D eigenvalue weighted by atomic mass is 10.1. The number of ether oxygens (including phenoxy) is 3. The number of amides is 1. The summed E-state index contributed by atoms with van der Waals surface area (Å²) in [7, 11) is 0. The van der Waals surface area contributed by atoms with Crippen LogP contribution in [-0.4, -0.2) is 22.9 Å². The van der Waals surface area contributed by atoms with E-state index in [2.05, 4.69) is 27.6 Å². The molecule has 1 atom stereocenters. The highest BCUT2D eigenvalue weighted by molar-refractivity contribution is 5.92. The minimum Gasteiger partial charge on any atom is -0.487 e. The molecule has 142 valence electrons. The normalized spacial score (nSPS) is 16.6. The molecule has 1 aliphatic heterocycles. The molecule has 0 radical (unpaired) electrons. The van der Waals surface area contributed by atoms with Gasteiger partial charge in [0.1, 0.15) is 18.1 Å². The number of aromatic nitrogens is 2. The second-order valence-electron chi connectivity index (χ2n) is 6.85. The molecule has 1 aromatic heterocycles. The van der Waals surface area contributed by atoms with Gasteiger partial charge in [-0.25, -0.2) is 0 Å². The smallest absolute Gasteiger partial charge is 0.272 e. The van der Waals surface area contributed by atoms with E-state index in [-0.39, 0.29) is 25.3 Å². The van der Waals surface area contributed by atoms with Crippen molar-refractivity contribution >= 4 is 5.91 Å². The Morgan fingerprint density at radius 3 is 3.04 bits per heavy atom. The third-order valence-corrected chi connectivity index (χ3v) is 5.04. The van der Waals surface area contributed by atoms with Gasteiger partial charge in [0, 0.05) is 6.07 Å². The molecule has 5 rings (SSSR count). The summed E-state index contributed by atoms with van der Waals surface area (Å²) in [5.41, 5.74) is 3.56. The average Bonchev–Trinajstić information content (AvgIpc) is 3.46. The fourth-order valence-corrected chi connectivity index (χ4v) is 3.62. The van der Waals surface area contributed by atoms with Gasteiger partial charge in [-0.15, -0.1) is 0 Å². The van der Waals surface area contributed by atoms with E-state index in [1.165, 1.54) is 11.1 Å². The van der Waals surface area contributed by atoms with Gasteiger partial charge in [0.15, 0.2) is 11.5 Å². The number of H-pyrrole nitrogens is 1. The topological polar surface area (TPSA) is 85.5 Å². The van der Waals surface area contributed by atoms with Gasteiger partial charge in [0.05, 0.1) is 11.7 Å². The maximum absolute atomic E-state index is 12.6. The van der Waals surface area contributed by atoms with Crippen LogP contribution in [0, 0.1) is 0 Å². The van der Waals surface area contributed by atoms with Crippen molar-refractivity contribution in [3.8, 4) is 17.2 Å². The first-order valence-corrected chi connectivity index (χ1v) is 9.22. The van der Waals surface area contributed by atoms with Crippen LogP contribution in [0.5, 0.6) is 17.2 Å². The number of hydrogen-bond acceptors (Lipinski definition) is 5. The summed E-state index contributed by atoms with van der Waals surface area (Å²) in [6.07, 6.45) is 1.89. The number of rotatable bonds is 5. The Bertz CT molecular complexity index is 1030. The Morgan fingerprint density at radius 1 is 1.18 bits per heavy atom. The van der Waals surface area contributed by atoms with Gasteiger partial charge in [-0.1, -0.05) is 24.3 Å². The number of benzene rings is 2. The van der Waals surface area contributed by atoms with Gasteiger partial charge >= 0.3 is 0 Å². The van der Waals surface area contributed by atoms with Crippen LogP contribution in [0.2, 0.25) is 0 Å². The summed E-state index contributed by atoms with van der Waals surface area (Å²) in [5.74, 6) is 1.85. The Morgan fingerprint density at radius 2 is 2.07 bits per heavy atom. The number of carbonyl (C=O) groups excluding carboxylic acids is 1. The summed E-state index contributed by atoms with van der Waals surface area (Å²) < 4.78 is 16.4. The number of aryl methyl sites for hydroxylation is 1. The van der Waals surface area contributed by atoms with Crippen molar-refractivity contribution in [3.63, 3.8) is 0 Å². The highest BCUT2D eigenvalue weighted by Crippen LogP contribution is 2.35. The number of carbonyl (C=O) groups is 1. The molecule has 2 heterocycles. The lowest BCUT2D eigenvalue weighted by molar-refractivity contribution is 0.0931. The van der Waals surface area contributed by atoms with Crippen molar-refractivity contribution in [1.82, 2.24) is 15.5 Å². The number of fused-ring (bicyclic) bond motifs is 2. The van der Waals surface area contributed by atoms with E-state index in [9.17, 15) is 4.79 Å². The fraction of sp³-hybridized carbons (Fsp3) is 0.238. The van der Waals surface area contributed by atoms with Gasteiger partial charge in [-0.2, -0.15) is 5.10 Å². The molecule has 7 heteroatoms. The maximum Gasteiger partial charge on any atom is 0.272 e. The first-order valence-electron chi connectivity index (χ1n) is 9.22. The number of hydrogen-bond donors (Lipinski definition) is 2. The molecule has 2 N–H and O–H groups in total. The molecule has 2 aromatic carbocycles. The van der Waals surface area contributed by atoms with E-state index in [0.29, 0.717) is 22.9 Å². The predicted molar refractivity (Wildman–Crippen MR) is 100 cm³/mol. The second kappa shape index (κ2) is 6.92. The summed E-state index contributed by atoms with van der Waals surface area (Å²) >= 11 is 0. The lowest BCUT2D eigenvalue weighted by Gasteiger charge is -2.12. The third-order valence-electron chi connectivity index (χ3n) is 5.04. The Hall–Kier alpha value is -3.48. The molecule has 0 spiro atoms. The van der Waals surface area contributed by atoms with Crippen molar-refractivity contribution in [2.45, 2.75) is 25.5 Å². The zero-order valence-corrected chi connectivity index (χ0v) is 15.1. The van der Waals surface area contributed by atoms with Gasteiger partial charge < -0.3 is 19.5 Å². The highest BCUT2D eigenvalue weighted by Gasteiger charge is 2.24. The average molecular weight is 377 g/mol. The summed E-state index contributed by atoms with van der Waals surface area (Å²) in [5, 5.41) is 10.1. The van der Waals surface area contributed by atoms with Crippen molar-refractivity contribution in [2.75, 3.05) is 6.79 Å². The fourth-order valence-electron chi connectivity index (χ4n) is 3.62. The Labute approximate surface area is 161 Å². The maximum atomic E-state index is 12.6. The number of aromatic amines is 1. The van der Waals surface area contributed by atoms with Crippen molar-refractivity contribution < 1.29 is 19.0 Å². The molecule has 0 saturated heterocycles. The molecular weight excluding hydrogens is 358 g/mol. The van der Waals surface area contributed by atoms with E-state index < -0.39 is 0 Å². The zero-order valence-electron chi connectivity index (χ0n) is 15.1. The Kier molecular flexibility index (Phi) is 4.12. The van der Waals surface area contributed by atoms with Crippen molar-refractivity contribution in [3.05, 3.63) is 71.0 Å². The minimum absolute atomic E-state index is 0.0359. The molecule has 3 aromatic rings. The molecule has 28 heavy (non-hydrogen) atoms. The van der Waals surface area contributed by atoms with Crippen LogP contribution in [-0.2, 0) is 13.0 Å². The lowest BCUT2D eigenvalue weighted by Crippen LogP contribution is -2.27. The molecule has 1 unspecified atom stereocenters. The van der Waals surface area contributed by atoms with Crippen LogP contribution >= 0.6 is 0 Å². The third kappa shape index (κ3) is 3.15. The SMILES string of the molecule is O=C(NC1CCc2ccccc21)c1cc(COc2ccc3c(c2)OCO3)[nH]n1. The van der Waals surface area contributed by atoms with E-state index in [0.717, 1.165) is 18.5 Å². The van der Waals surface area contributed by atoms with Gasteiger partial charge in [-0.05, 0) is 42.2 Å². The highest BCUT2D eigenvalue weighted by atomic mass is 16.7. The van der Waals surface area contributed by atoms with Crippen molar-refractivity contribution in [1.29, 1.82) is 0 Å². The molecule has 1 amide bonds. The van der Waals surface area contributed by atoms with Gasteiger partial charge in [-0.3, -0.25) is 9.89 Å². The van der Waals surface area contributed by atoms with E-state index in [1.54, 1.807) is 12.1 Å². The Balaban J connectivity index is 1.21. The van der Waals surface area contributed by atoms with Crippen molar-refractivity contribution in [2.24, 2.45) is 0 Å². The first-order chi connectivity index (χ1) is 13.8. The summed E-state index contributed by atoms with van der Waals surface area (Å²) in [6.45, 7) is 0.495. The zero-order chi connectivity index (χ0) is 18.9. The molecule has 0 saturated carbocycles. The van der Waals surface area contributed by atoms with Gasteiger partial charge in [0.25, 0.3) is 5.91 Å². The second-order valence-corrected chi connectivity index (χ2v) is 6.85. The van der Waals surface area contributed by atoms with Crippen LogP contribution in [0.4, 0.5) is 0 Å². The first kappa shape index (κ1) is 16.7. The monoisotopic (exact) mass is 377 g/mol. The number of nitrogens with zero attached hydrogens (tertiary/aromatic N) is 1.